The number of aryl methyl sites for hydroxylation is 4. The summed E-state index contributed by atoms with van der Waals surface area (Å²) in [5, 5.41) is 0. The third kappa shape index (κ3) is 15.3. The van der Waals surface area contributed by atoms with Gasteiger partial charge in [0.05, 0.1) is 21.3 Å². The van der Waals surface area contributed by atoms with Gasteiger partial charge in [-0.3, -0.25) is 0 Å². The van der Waals surface area contributed by atoms with Gasteiger partial charge in [0.15, 0.2) is 23.1 Å². The van der Waals surface area contributed by atoms with Crippen LogP contribution in [0.2, 0.25) is 0 Å². The lowest BCUT2D eigenvalue weighted by Crippen LogP contribution is -1.93. The van der Waals surface area contributed by atoms with E-state index in [0.717, 1.165) is 79.6 Å². The standard InChI is InChI=1S/3C14H15NO2.C13H12FNO/c1-10-9-11(15)3-8-14(10)17-13-6-4-12(16-2)5-7-13;1-10-8-11(15)6-7-14(10)17-13-5-3-4-12(9-13)16-2;1-10-9-11(15)7-8-12(10)17-14-6-4-3-5-13(14)16-2;1-9-8-10(15)6-7-12(9)16-13-5-3-2-4-11(13)14/h3*3-9H,15H2,1-2H3;2-8H,15H2,1H3. The van der Waals surface area contributed by atoms with E-state index in [-0.39, 0.29) is 11.6 Å². The first-order valence-electron chi connectivity index (χ1n) is 21.1. The van der Waals surface area contributed by atoms with Crippen molar-refractivity contribution < 1.29 is 37.5 Å². The summed E-state index contributed by atoms with van der Waals surface area (Å²) in [6.45, 7) is 7.76. The Labute approximate surface area is 392 Å². The van der Waals surface area contributed by atoms with E-state index in [4.69, 9.17) is 56.1 Å². The maximum Gasteiger partial charge on any atom is 0.169 e. The minimum Gasteiger partial charge on any atom is -0.497 e. The Hall–Kier alpha value is -8.51. The molecular weight excluding hydrogens is 848 g/mol. The molecule has 0 atom stereocenters. The molecule has 0 radical (unpaired) electrons. The molecule has 0 aliphatic heterocycles. The van der Waals surface area contributed by atoms with Crippen LogP contribution in [0.3, 0.4) is 0 Å². The topological polar surface area (TPSA) is 169 Å². The van der Waals surface area contributed by atoms with Crippen molar-refractivity contribution in [3.63, 3.8) is 0 Å². The van der Waals surface area contributed by atoms with Crippen molar-refractivity contribution >= 4 is 22.7 Å². The second kappa shape index (κ2) is 24.5. The van der Waals surface area contributed by atoms with E-state index in [9.17, 15) is 4.39 Å². The van der Waals surface area contributed by atoms with Gasteiger partial charge in [0.1, 0.15) is 46.0 Å². The van der Waals surface area contributed by atoms with E-state index in [1.165, 1.54) is 6.07 Å². The zero-order valence-electron chi connectivity index (χ0n) is 38.7. The van der Waals surface area contributed by atoms with Crippen LogP contribution in [-0.4, -0.2) is 21.3 Å². The lowest BCUT2D eigenvalue weighted by atomic mass is 10.2. The highest BCUT2D eigenvalue weighted by atomic mass is 19.1. The normalized spacial score (nSPS) is 10.0. The average Bonchev–Trinajstić information content (AvgIpc) is 3.32. The van der Waals surface area contributed by atoms with Crippen molar-refractivity contribution in [3.8, 4) is 63.2 Å². The molecule has 8 aromatic carbocycles. The number of halogens is 1. The number of hydrogen-bond donors (Lipinski definition) is 4. The Balaban J connectivity index is 0.000000167. The fraction of sp³-hybridized carbons (Fsp3) is 0.127. The number of rotatable bonds is 11. The van der Waals surface area contributed by atoms with E-state index < -0.39 is 0 Å². The van der Waals surface area contributed by atoms with Gasteiger partial charge in [-0.05, 0) is 183 Å². The van der Waals surface area contributed by atoms with Gasteiger partial charge in [-0.1, -0.05) is 30.3 Å². The molecule has 67 heavy (non-hydrogen) atoms. The van der Waals surface area contributed by atoms with Gasteiger partial charge < -0.3 is 56.1 Å². The fourth-order valence-electron chi connectivity index (χ4n) is 6.18. The highest BCUT2D eigenvalue weighted by Crippen LogP contribution is 2.34. The summed E-state index contributed by atoms with van der Waals surface area (Å²) in [6, 6.07) is 50.8. The quantitative estimate of drug-likeness (QED) is 0.0911. The largest absolute Gasteiger partial charge is 0.497 e. The second-order valence-corrected chi connectivity index (χ2v) is 14.9. The number of methoxy groups -OCH3 is 3. The van der Waals surface area contributed by atoms with Crippen molar-refractivity contribution in [1.29, 1.82) is 0 Å². The Kier molecular flexibility index (Phi) is 18.1. The molecule has 0 amide bonds. The molecule has 8 rings (SSSR count). The van der Waals surface area contributed by atoms with Crippen molar-refractivity contribution in [2.24, 2.45) is 0 Å². The summed E-state index contributed by atoms with van der Waals surface area (Å²) in [5.41, 5.74) is 29.5. The number of para-hydroxylation sites is 3. The van der Waals surface area contributed by atoms with Crippen molar-refractivity contribution in [3.05, 3.63) is 198 Å². The number of hydrogen-bond acceptors (Lipinski definition) is 11. The molecule has 0 saturated carbocycles. The maximum atomic E-state index is 13.3. The molecule has 0 aliphatic rings. The molecule has 11 nitrogen and oxygen atoms in total. The van der Waals surface area contributed by atoms with E-state index in [1.807, 2.05) is 155 Å². The molecule has 12 heteroatoms. The smallest absolute Gasteiger partial charge is 0.169 e. The zero-order valence-corrected chi connectivity index (χ0v) is 38.7. The Bertz CT molecular complexity index is 2840. The number of benzene rings is 8. The van der Waals surface area contributed by atoms with E-state index >= 15 is 0 Å². The Morgan fingerprint density at radius 2 is 0.672 bits per heavy atom. The summed E-state index contributed by atoms with van der Waals surface area (Å²) in [7, 11) is 4.89. The predicted molar refractivity (Wildman–Crippen MR) is 268 cm³/mol. The van der Waals surface area contributed by atoms with Gasteiger partial charge in [-0.2, -0.15) is 0 Å². The van der Waals surface area contributed by atoms with E-state index in [2.05, 4.69) is 0 Å². The lowest BCUT2D eigenvalue weighted by Gasteiger charge is -2.12. The van der Waals surface area contributed by atoms with Crippen LogP contribution < -0.4 is 56.1 Å². The van der Waals surface area contributed by atoms with Gasteiger partial charge in [-0.25, -0.2) is 4.39 Å². The molecule has 0 saturated heterocycles. The summed E-state index contributed by atoms with van der Waals surface area (Å²) in [5.74, 6) is 7.36. The molecule has 0 fully saturated rings. The monoisotopic (exact) mass is 904 g/mol. The first kappa shape index (κ1) is 49.5. The molecule has 0 aliphatic carbocycles. The first-order chi connectivity index (χ1) is 32.2. The molecule has 0 spiro atoms. The molecular formula is C55H57FN4O7. The molecule has 0 bridgehead atoms. The van der Waals surface area contributed by atoms with E-state index in [1.54, 1.807) is 57.7 Å². The van der Waals surface area contributed by atoms with Gasteiger partial charge in [0, 0.05) is 28.8 Å². The van der Waals surface area contributed by atoms with Crippen LogP contribution in [0, 0.1) is 33.5 Å². The zero-order chi connectivity index (χ0) is 48.3. The van der Waals surface area contributed by atoms with Crippen LogP contribution in [0.5, 0.6) is 63.2 Å². The number of nitrogen functional groups attached to an aromatic ring is 4. The van der Waals surface area contributed by atoms with Gasteiger partial charge in [0.2, 0.25) is 0 Å². The van der Waals surface area contributed by atoms with Crippen LogP contribution in [0.4, 0.5) is 27.1 Å². The lowest BCUT2D eigenvalue weighted by molar-refractivity contribution is 0.378. The first-order valence-corrected chi connectivity index (χ1v) is 21.1. The van der Waals surface area contributed by atoms with Crippen LogP contribution in [0.1, 0.15) is 22.3 Å². The Morgan fingerprint density at radius 1 is 0.299 bits per heavy atom. The number of anilines is 4. The van der Waals surface area contributed by atoms with Gasteiger partial charge in [-0.15, -0.1) is 0 Å². The SMILES string of the molecule is COc1ccc(Oc2ccc(N)cc2C)cc1.COc1cccc(Oc2ccc(N)cc2C)c1.COc1ccccc1Oc1ccc(N)cc1C.Cc1cc(N)ccc1Oc1ccccc1F. The molecule has 8 N–H and O–H groups in total. The molecule has 0 heterocycles. The van der Waals surface area contributed by atoms with E-state index in [0.29, 0.717) is 22.9 Å². The van der Waals surface area contributed by atoms with Crippen molar-refractivity contribution in [1.82, 2.24) is 0 Å². The van der Waals surface area contributed by atoms with Crippen LogP contribution in [0.25, 0.3) is 0 Å². The summed E-state index contributed by atoms with van der Waals surface area (Å²) in [4.78, 5) is 0. The molecule has 0 aromatic heterocycles. The third-order valence-corrected chi connectivity index (χ3v) is 9.70. The number of nitrogens with two attached hydrogens (primary N) is 4. The highest BCUT2D eigenvalue weighted by Gasteiger charge is 2.08. The fourth-order valence-corrected chi connectivity index (χ4v) is 6.18. The molecule has 0 unspecified atom stereocenters. The van der Waals surface area contributed by atoms with Crippen LogP contribution in [-0.2, 0) is 0 Å². The predicted octanol–water partition coefficient (Wildman–Crippen LogP) is 13.6. The Morgan fingerprint density at radius 3 is 1.10 bits per heavy atom. The number of ether oxygens (including phenoxy) is 7. The van der Waals surface area contributed by atoms with Gasteiger partial charge in [0.25, 0.3) is 0 Å². The van der Waals surface area contributed by atoms with Crippen molar-refractivity contribution in [2.75, 3.05) is 44.3 Å². The minimum absolute atomic E-state index is 0.218. The molecule has 346 valence electrons. The van der Waals surface area contributed by atoms with Crippen LogP contribution >= 0.6 is 0 Å². The van der Waals surface area contributed by atoms with Crippen molar-refractivity contribution in [2.45, 2.75) is 27.7 Å². The second-order valence-electron chi connectivity index (χ2n) is 14.9. The third-order valence-electron chi connectivity index (χ3n) is 9.70. The summed E-state index contributed by atoms with van der Waals surface area (Å²) < 4.78 is 51.6. The maximum absolute atomic E-state index is 13.3. The molecule has 8 aromatic rings. The average molecular weight is 905 g/mol. The highest BCUT2D eigenvalue weighted by molar-refractivity contribution is 5.52. The summed E-state index contributed by atoms with van der Waals surface area (Å²) in [6.07, 6.45) is 0. The minimum atomic E-state index is -0.376. The van der Waals surface area contributed by atoms with Crippen LogP contribution in [0.15, 0.2) is 170 Å². The van der Waals surface area contributed by atoms with Gasteiger partial charge >= 0.3 is 0 Å². The summed E-state index contributed by atoms with van der Waals surface area (Å²) >= 11 is 0.